The molecule has 0 aliphatic rings. The summed E-state index contributed by atoms with van der Waals surface area (Å²) >= 11 is 1.47. The fraction of sp³-hybridized carbons (Fsp3) is 0. The van der Waals surface area contributed by atoms with Crippen molar-refractivity contribution in [3.63, 3.8) is 0 Å². The minimum atomic E-state index is -1.34. The van der Waals surface area contributed by atoms with Gasteiger partial charge < -0.3 is 5.11 Å². The van der Waals surface area contributed by atoms with Gasteiger partial charge in [0.15, 0.2) is 0 Å². The zero-order chi connectivity index (χ0) is 9.30. The summed E-state index contributed by atoms with van der Waals surface area (Å²) in [6, 6.07) is 1.57. The maximum Gasteiger partial charge on any atom is 0.335 e. The SMILES string of the molecule is O=C(O)c1cc(F)c(I)c(F)c1. The van der Waals surface area contributed by atoms with Crippen LogP contribution in [0.4, 0.5) is 8.78 Å². The number of carboxylic acid groups (broad SMARTS) is 1. The first-order valence-electron chi connectivity index (χ1n) is 2.90. The molecule has 0 amide bonds. The molecule has 0 aliphatic heterocycles. The van der Waals surface area contributed by atoms with E-state index in [1.807, 2.05) is 0 Å². The third-order valence-electron chi connectivity index (χ3n) is 1.23. The summed E-state index contributed by atoms with van der Waals surface area (Å²) in [5, 5.41) is 8.39. The van der Waals surface area contributed by atoms with Crippen molar-refractivity contribution in [1.82, 2.24) is 0 Å². The van der Waals surface area contributed by atoms with E-state index in [0.29, 0.717) is 0 Å². The second kappa shape index (κ2) is 3.34. The maximum atomic E-state index is 12.7. The van der Waals surface area contributed by atoms with E-state index in [0.717, 1.165) is 12.1 Å². The summed E-state index contributed by atoms with van der Waals surface area (Å²) in [4.78, 5) is 10.3. The van der Waals surface area contributed by atoms with E-state index in [4.69, 9.17) is 5.11 Å². The van der Waals surface area contributed by atoms with E-state index in [1.165, 1.54) is 22.6 Å². The Kier molecular flexibility index (Phi) is 2.61. The number of hydrogen-bond donors (Lipinski definition) is 1. The van der Waals surface area contributed by atoms with Crippen LogP contribution in [0.3, 0.4) is 0 Å². The third kappa shape index (κ3) is 1.71. The molecule has 0 aromatic heterocycles. The van der Waals surface area contributed by atoms with Gasteiger partial charge in [0.2, 0.25) is 0 Å². The number of hydrogen-bond acceptors (Lipinski definition) is 1. The van der Waals surface area contributed by atoms with Gasteiger partial charge in [-0.25, -0.2) is 13.6 Å². The minimum Gasteiger partial charge on any atom is -0.478 e. The predicted molar refractivity (Wildman–Crippen MR) is 46.0 cm³/mol. The van der Waals surface area contributed by atoms with Crippen molar-refractivity contribution in [2.24, 2.45) is 0 Å². The minimum absolute atomic E-state index is 0.197. The van der Waals surface area contributed by atoms with Gasteiger partial charge in [-0.3, -0.25) is 0 Å². The molecular formula is C7H3F2IO2. The second-order valence-electron chi connectivity index (χ2n) is 2.06. The van der Waals surface area contributed by atoms with Crippen LogP contribution in [0.5, 0.6) is 0 Å². The number of aromatic carboxylic acids is 1. The lowest BCUT2D eigenvalue weighted by atomic mass is 10.2. The molecule has 1 aromatic rings. The van der Waals surface area contributed by atoms with E-state index in [9.17, 15) is 13.6 Å². The standard InChI is InChI=1S/C7H3F2IO2/c8-4-1-3(7(11)12)2-5(9)6(4)10/h1-2H,(H,11,12). The van der Waals surface area contributed by atoms with E-state index in [-0.39, 0.29) is 9.13 Å². The van der Waals surface area contributed by atoms with Crippen LogP contribution in [0.2, 0.25) is 0 Å². The molecule has 0 heterocycles. The van der Waals surface area contributed by atoms with Gasteiger partial charge >= 0.3 is 5.97 Å². The van der Waals surface area contributed by atoms with E-state index in [2.05, 4.69) is 0 Å². The lowest BCUT2D eigenvalue weighted by Crippen LogP contribution is -2.00. The molecule has 0 radical (unpaired) electrons. The van der Waals surface area contributed by atoms with Gasteiger partial charge in [0.05, 0.1) is 9.13 Å². The average Bonchev–Trinajstić information content (AvgIpc) is 1.99. The zero-order valence-electron chi connectivity index (χ0n) is 5.64. The number of carboxylic acids is 1. The molecule has 0 atom stereocenters. The molecule has 64 valence electrons. The van der Waals surface area contributed by atoms with Crippen LogP contribution in [-0.2, 0) is 0 Å². The molecule has 12 heavy (non-hydrogen) atoms. The molecule has 0 fully saturated rings. The Morgan fingerprint density at radius 1 is 1.33 bits per heavy atom. The molecule has 0 saturated carbocycles. The molecule has 1 rings (SSSR count). The van der Waals surface area contributed by atoms with Gasteiger partial charge in [0.1, 0.15) is 11.6 Å². The van der Waals surface area contributed by atoms with E-state index in [1.54, 1.807) is 0 Å². The van der Waals surface area contributed by atoms with Crippen molar-refractivity contribution < 1.29 is 18.7 Å². The Morgan fingerprint density at radius 2 is 1.75 bits per heavy atom. The zero-order valence-corrected chi connectivity index (χ0v) is 7.80. The molecule has 0 aliphatic carbocycles. The number of carbonyl (C=O) groups is 1. The van der Waals surface area contributed by atoms with Crippen molar-refractivity contribution in [2.75, 3.05) is 0 Å². The van der Waals surface area contributed by atoms with Crippen LogP contribution in [0.1, 0.15) is 10.4 Å². The van der Waals surface area contributed by atoms with Crippen LogP contribution in [0.25, 0.3) is 0 Å². The highest BCUT2D eigenvalue weighted by Crippen LogP contribution is 2.17. The second-order valence-corrected chi connectivity index (χ2v) is 3.14. The summed E-state index contributed by atoms with van der Waals surface area (Å²) in [6.45, 7) is 0. The molecule has 2 nitrogen and oxygen atoms in total. The quantitative estimate of drug-likeness (QED) is 0.634. The Balaban J connectivity index is 3.31. The van der Waals surface area contributed by atoms with Crippen molar-refractivity contribution in [2.45, 2.75) is 0 Å². The van der Waals surface area contributed by atoms with Crippen molar-refractivity contribution >= 4 is 28.6 Å². The lowest BCUT2D eigenvalue weighted by molar-refractivity contribution is 0.0695. The first-order chi connectivity index (χ1) is 5.52. The highest BCUT2D eigenvalue weighted by atomic mass is 127. The van der Waals surface area contributed by atoms with Crippen LogP contribution in [0, 0.1) is 15.2 Å². The van der Waals surface area contributed by atoms with Gasteiger partial charge in [0.25, 0.3) is 0 Å². The van der Waals surface area contributed by atoms with Crippen molar-refractivity contribution in [1.29, 1.82) is 0 Å². The predicted octanol–water partition coefficient (Wildman–Crippen LogP) is 2.27. The number of rotatable bonds is 1. The van der Waals surface area contributed by atoms with Crippen LogP contribution < -0.4 is 0 Å². The molecule has 0 bridgehead atoms. The summed E-state index contributed by atoms with van der Waals surface area (Å²) in [7, 11) is 0. The monoisotopic (exact) mass is 284 g/mol. The maximum absolute atomic E-state index is 12.7. The molecule has 0 saturated heterocycles. The number of halogens is 3. The Bertz CT molecular complexity index is 315. The molecule has 1 aromatic carbocycles. The summed E-state index contributed by atoms with van der Waals surface area (Å²) in [6.07, 6.45) is 0. The Labute approximate surface area is 80.3 Å². The first-order valence-corrected chi connectivity index (χ1v) is 3.98. The molecule has 0 spiro atoms. The average molecular weight is 284 g/mol. The molecule has 0 unspecified atom stereocenters. The highest BCUT2D eigenvalue weighted by molar-refractivity contribution is 14.1. The third-order valence-corrected chi connectivity index (χ3v) is 2.26. The molecule has 1 N–H and O–H groups in total. The molecule has 5 heteroatoms. The van der Waals surface area contributed by atoms with Crippen LogP contribution in [0.15, 0.2) is 12.1 Å². The van der Waals surface area contributed by atoms with E-state index >= 15 is 0 Å². The largest absolute Gasteiger partial charge is 0.478 e. The van der Waals surface area contributed by atoms with Crippen molar-refractivity contribution in [3.05, 3.63) is 32.9 Å². The highest BCUT2D eigenvalue weighted by Gasteiger charge is 2.11. The number of benzene rings is 1. The first kappa shape index (κ1) is 9.37. The fourth-order valence-electron chi connectivity index (χ4n) is 0.679. The fourth-order valence-corrected chi connectivity index (χ4v) is 0.990. The van der Waals surface area contributed by atoms with Gasteiger partial charge in [-0.05, 0) is 34.7 Å². The van der Waals surface area contributed by atoms with Gasteiger partial charge in [-0.1, -0.05) is 0 Å². The summed E-state index contributed by atoms with van der Waals surface area (Å²) in [5.41, 5.74) is -0.384. The van der Waals surface area contributed by atoms with Gasteiger partial charge in [0, 0.05) is 0 Å². The van der Waals surface area contributed by atoms with Gasteiger partial charge in [-0.15, -0.1) is 0 Å². The summed E-state index contributed by atoms with van der Waals surface area (Å²) in [5.74, 6) is -3.05. The van der Waals surface area contributed by atoms with Crippen LogP contribution in [-0.4, -0.2) is 11.1 Å². The van der Waals surface area contributed by atoms with Crippen molar-refractivity contribution in [3.8, 4) is 0 Å². The topological polar surface area (TPSA) is 37.3 Å². The normalized spacial score (nSPS) is 9.92. The van der Waals surface area contributed by atoms with Gasteiger partial charge in [-0.2, -0.15) is 0 Å². The Morgan fingerprint density at radius 3 is 2.08 bits per heavy atom. The lowest BCUT2D eigenvalue weighted by Gasteiger charge is -1.98. The smallest absolute Gasteiger partial charge is 0.335 e. The summed E-state index contributed by atoms with van der Waals surface area (Å²) < 4.78 is 25.2. The Hall–Kier alpha value is -0.720. The van der Waals surface area contributed by atoms with Crippen LogP contribution >= 0.6 is 22.6 Å². The van der Waals surface area contributed by atoms with E-state index < -0.39 is 17.6 Å². The molecular weight excluding hydrogens is 281 g/mol.